The Kier molecular flexibility index (Phi) is 5.12. The first kappa shape index (κ1) is 18.0. The summed E-state index contributed by atoms with van der Waals surface area (Å²) in [4.78, 5) is 19.7. The van der Waals surface area contributed by atoms with Crippen LogP contribution in [0.1, 0.15) is 26.2 Å². The maximum atomic E-state index is 13.3. The van der Waals surface area contributed by atoms with E-state index >= 15 is 0 Å². The van der Waals surface area contributed by atoms with E-state index < -0.39 is 0 Å². The van der Waals surface area contributed by atoms with Crippen molar-refractivity contribution in [3.63, 3.8) is 0 Å². The Hall–Kier alpha value is -2.40. The van der Waals surface area contributed by atoms with E-state index in [-0.39, 0.29) is 17.8 Å². The van der Waals surface area contributed by atoms with Gasteiger partial charge in [-0.1, -0.05) is 18.6 Å². The Morgan fingerprint density at radius 3 is 2.26 bits per heavy atom. The zero-order valence-electron chi connectivity index (χ0n) is 15.8. The Morgan fingerprint density at radius 1 is 0.889 bits per heavy atom. The number of halogens is 1. The number of piperidine rings is 1. The molecule has 1 unspecified atom stereocenters. The summed E-state index contributed by atoms with van der Waals surface area (Å²) < 4.78 is 13.3. The number of carbonyl (C=O) groups excluding carboxylic acids is 1. The number of anilines is 3. The first-order valence-corrected chi connectivity index (χ1v) is 9.83. The van der Waals surface area contributed by atoms with E-state index in [1.165, 1.54) is 31.4 Å². The standard InChI is InChI=1S/C22H26FN3O/c1-17(24-13-5-2-6-14-24)22(27)26-16-15-25(19-11-9-18(23)10-12-19)20-7-3-4-8-21(20)26/h3-4,7-12,17H,2,5-6,13-16H2,1H3. The molecule has 142 valence electrons. The van der Waals surface area contributed by atoms with Gasteiger partial charge in [-0.3, -0.25) is 9.69 Å². The molecule has 2 aromatic rings. The van der Waals surface area contributed by atoms with Gasteiger partial charge in [-0.15, -0.1) is 0 Å². The molecule has 1 saturated heterocycles. The van der Waals surface area contributed by atoms with Gasteiger partial charge in [0.25, 0.3) is 0 Å². The van der Waals surface area contributed by atoms with E-state index in [0.29, 0.717) is 13.1 Å². The number of likely N-dealkylation sites (tertiary alicyclic amines) is 1. The minimum atomic E-state index is -0.240. The van der Waals surface area contributed by atoms with Crippen LogP contribution in [0.25, 0.3) is 0 Å². The van der Waals surface area contributed by atoms with Crippen LogP contribution in [-0.4, -0.2) is 43.0 Å². The quantitative estimate of drug-likeness (QED) is 0.814. The van der Waals surface area contributed by atoms with E-state index in [1.807, 2.05) is 36.1 Å². The maximum absolute atomic E-state index is 13.3. The SMILES string of the molecule is CC(C(=O)N1CCN(c2ccc(F)cc2)c2ccccc21)N1CCCCC1. The van der Waals surface area contributed by atoms with Gasteiger partial charge >= 0.3 is 0 Å². The van der Waals surface area contributed by atoms with Crippen molar-refractivity contribution < 1.29 is 9.18 Å². The highest BCUT2D eigenvalue weighted by Crippen LogP contribution is 2.38. The molecule has 5 heteroatoms. The van der Waals surface area contributed by atoms with Crippen molar-refractivity contribution in [2.24, 2.45) is 0 Å². The third kappa shape index (κ3) is 3.56. The summed E-state index contributed by atoms with van der Waals surface area (Å²) in [5.74, 6) is -0.0701. The molecule has 2 heterocycles. The Bertz CT molecular complexity index is 801. The monoisotopic (exact) mass is 367 g/mol. The van der Waals surface area contributed by atoms with Gasteiger partial charge in [0.05, 0.1) is 17.4 Å². The molecule has 0 radical (unpaired) electrons. The molecular formula is C22H26FN3O. The Labute approximate surface area is 160 Å². The normalized spacial score (nSPS) is 18.9. The number of para-hydroxylation sites is 2. The Balaban J connectivity index is 1.60. The van der Waals surface area contributed by atoms with Crippen LogP contribution in [0.3, 0.4) is 0 Å². The highest BCUT2D eigenvalue weighted by molar-refractivity contribution is 6.01. The minimum Gasteiger partial charge on any atom is -0.338 e. The van der Waals surface area contributed by atoms with Crippen molar-refractivity contribution in [1.82, 2.24) is 4.90 Å². The molecule has 1 atom stereocenters. The second kappa shape index (κ2) is 7.69. The maximum Gasteiger partial charge on any atom is 0.244 e. The third-order valence-electron chi connectivity index (χ3n) is 5.71. The van der Waals surface area contributed by atoms with Gasteiger partial charge in [-0.2, -0.15) is 0 Å². The van der Waals surface area contributed by atoms with E-state index in [2.05, 4.69) is 9.80 Å². The minimum absolute atomic E-state index is 0.101. The molecule has 2 aliphatic rings. The largest absolute Gasteiger partial charge is 0.338 e. The summed E-state index contributed by atoms with van der Waals surface area (Å²) >= 11 is 0. The summed E-state index contributed by atoms with van der Waals surface area (Å²) in [6.07, 6.45) is 3.61. The van der Waals surface area contributed by atoms with Crippen LogP contribution in [-0.2, 0) is 4.79 Å². The molecule has 0 N–H and O–H groups in total. The lowest BCUT2D eigenvalue weighted by Gasteiger charge is -2.40. The van der Waals surface area contributed by atoms with E-state index in [0.717, 1.165) is 30.2 Å². The summed E-state index contributed by atoms with van der Waals surface area (Å²) in [6, 6.07) is 14.4. The van der Waals surface area contributed by atoms with Gasteiger partial charge < -0.3 is 9.80 Å². The van der Waals surface area contributed by atoms with Crippen LogP contribution in [0.5, 0.6) is 0 Å². The second-order valence-electron chi connectivity index (χ2n) is 7.38. The molecule has 1 fully saturated rings. The van der Waals surface area contributed by atoms with Crippen molar-refractivity contribution in [2.45, 2.75) is 32.2 Å². The molecule has 2 aliphatic heterocycles. The molecule has 4 nitrogen and oxygen atoms in total. The van der Waals surface area contributed by atoms with Crippen LogP contribution in [0, 0.1) is 5.82 Å². The third-order valence-corrected chi connectivity index (χ3v) is 5.71. The van der Waals surface area contributed by atoms with E-state index in [1.54, 1.807) is 12.1 Å². The van der Waals surface area contributed by atoms with Crippen LogP contribution in [0.15, 0.2) is 48.5 Å². The lowest BCUT2D eigenvalue weighted by Crippen LogP contribution is -2.52. The van der Waals surface area contributed by atoms with Crippen LogP contribution >= 0.6 is 0 Å². The Morgan fingerprint density at radius 2 is 1.56 bits per heavy atom. The molecule has 27 heavy (non-hydrogen) atoms. The predicted molar refractivity (Wildman–Crippen MR) is 107 cm³/mol. The van der Waals surface area contributed by atoms with Gasteiger partial charge in [-0.25, -0.2) is 4.39 Å². The predicted octanol–water partition coefficient (Wildman–Crippen LogP) is 4.18. The van der Waals surface area contributed by atoms with Crippen LogP contribution in [0.2, 0.25) is 0 Å². The molecule has 1 amide bonds. The first-order valence-electron chi connectivity index (χ1n) is 9.83. The fraction of sp³-hybridized carbons (Fsp3) is 0.409. The van der Waals surface area contributed by atoms with Gasteiger partial charge in [0.15, 0.2) is 0 Å². The number of benzene rings is 2. The van der Waals surface area contributed by atoms with Crippen LogP contribution < -0.4 is 9.80 Å². The average Bonchev–Trinajstić information content (AvgIpc) is 2.73. The highest BCUT2D eigenvalue weighted by atomic mass is 19.1. The molecule has 0 saturated carbocycles. The fourth-order valence-corrected chi connectivity index (χ4v) is 4.17. The molecular weight excluding hydrogens is 341 g/mol. The number of nitrogens with zero attached hydrogens (tertiary/aromatic N) is 3. The van der Waals surface area contributed by atoms with Gasteiger partial charge in [-0.05, 0) is 69.3 Å². The van der Waals surface area contributed by atoms with Crippen molar-refractivity contribution >= 4 is 23.0 Å². The van der Waals surface area contributed by atoms with E-state index in [9.17, 15) is 9.18 Å². The molecule has 4 rings (SSSR count). The lowest BCUT2D eigenvalue weighted by atomic mass is 10.1. The topological polar surface area (TPSA) is 26.8 Å². The van der Waals surface area contributed by atoms with Crippen molar-refractivity contribution in [3.8, 4) is 0 Å². The van der Waals surface area contributed by atoms with Gasteiger partial charge in [0.1, 0.15) is 5.82 Å². The number of fused-ring (bicyclic) bond motifs is 1. The fourth-order valence-electron chi connectivity index (χ4n) is 4.17. The van der Waals surface area contributed by atoms with Crippen LogP contribution in [0.4, 0.5) is 21.5 Å². The number of hydrogen-bond donors (Lipinski definition) is 0. The summed E-state index contributed by atoms with van der Waals surface area (Å²) in [5.41, 5.74) is 2.87. The van der Waals surface area contributed by atoms with Gasteiger partial charge in [0, 0.05) is 18.8 Å². The second-order valence-corrected chi connectivity index (χ2v) is 7.38. The molecule has 0 spiro atoms. The highest BCUT2D eigenvalue weighted by Gasteiger charge is 2.32. The van der Waals surface area contributed by atoms with E-state index in [4.69, 9.17) is 0 Å². The zero-order chi connectivity index (χ0) is 18.8. The summed E-state index contributed by atoms with van der Waals surface area (Å²) in [5, 5.41) is 0. The van der Waals surface area contributed by atoms with Crippen molar-refractivity contribution in [2.75, 3.05) is 36.0 Å². The summed E-state index contributed by atoms with van der Waals surface area (Å²) in [6.45, 7) is 5.36. The summed E-state index contributed by atoms with van der Waals surface area (Å²) in [7, 11) is 0. The first-order chi connectivity index (χ1) is 13.1. The molecule has 0 aliphatic carbocycles. The lowest BCUT2D eigenvalue weighted by molar-refractivity contribution is -0.123. The zero-order valence-corrected chi connectivity index (χ0v) is 15.8. The number of carbonyl (C=O) groups is 1. The number of rotatable bonds is 3. The number of hydrogen-bond acceptors (Lipinski definition) is 3. The smallest absolute Gasteiger partial charge is 0.244 e. The molecule has 2 aromatic carbocycles. The van der Waals surface area contributed by atoms with Crippen molar-refractivity contribution in [3.05, 3.63) is 54.3 Å². The average molecular weight is 367 g/mol. The number of amides is 1. The molecule has 0 aromatic heterocycles. The van der Waals surface area contributed by atoms with Gasteiger partial charge in [0.2, 0.25) is 5.91 Å². The van der Waals surface area contributed by atoms with Crippen molar-refractivity contribution in [1.29, 1.82) is 0 Å². The molecule has 0 bridgehead atoms.